The van der Waals surface area contributed by atoms with Gasteiger partial charge < -0.3 is 5.73 Å². The Morgan fingerprint density at radius 2 is 2.00 bits per heavy atom. The van der Waals surface area contributed by atoms with E-state index in [0.29, 0.717) is 0 Å². The number of amides is 1. The van der Waals surface area contributed by atoms with E-state index in [1.165, 1.54) is 6.08 Å². The summed E-state index contributed by atoms with van der Waals surface area (Å²) >= 11 is 0. The van der Waals surface area contributed by atoms with Crippen molar-refractivity contribution in [2.75, 3.05) is 0 Å². The van der Waals surface area contributed by atoms with Crippen LogP contribution in [-0.4, -0.2) is 5.91 Å². The van der Waals surface area contributed by atoms with Crippen LogP contribution < -0.4 is 5.73 Å². The summed E-state index contributed by atoms with van der Waals surface area (Å²) in [5.41, 5.74) is 7.13. The predicted octanol–water partition coefficient (Wildman–Crippen LogP) is 1.97. The van der Waals surface area contributed by atoms with Gasteiger partial charge >= 0.3 is 0 Å². The highest BCUT2D eigenvalue weighted by Crippen LogP contribution is 2.16. The van der Waals surface area contributed by atoms with Gasteiger partial charge in [-0.15, -0.1) is 0 Å². The van der Waals surface area contributed by atoms with Crippen LogP contribution in [0.5, 0.6) is 0 Å². The molecule has 0 radical (unpaired) electrons. The molecule has 13 heavy (non-hydrogen) atoms. The molecule has 0 saturated carbocycles. The van der Waals surface area contributed by atoms with Crippen LogP contribution in [0.3, 0.4) is 0 Å². The lowest BCUT2D eigenvalue weighted by atomic mass is 10.0. The molecule has 0 heterocycles. The van der Waals surface area contributed by atoms with E-state index in [1.807, 2.05) is 37.3 Å². The summed E-state index contributed by atoms with van der Waals surface area (Å²) in [6, 6.07) is 9.78. The summed E-state index contributed by atoms with van der Waals surface area (Å²) < 4.78 is 0. The molecular weight excluding hydrogens is 162 g/mol. The van der Waals surface area contributed by atoms with Crippen LogP contribution in [0, 0.1) is 0 Å². The van der Waals surface area contributed by atoms with E-state index in [9.17, 15) is 4.79 Å². The molecular formula is C11H13NO. The third-order valence-corrected chi connectivity index (χ3v) is 1.84. The zero-order valence-electron chi connectivity index (χ0n) is 7.66. The highest BCUT2D eigenvalue weighted by atomic mass is 16.1. The molecule has 2 nitrogen and oxygen atoms in total. The van der Waals surface area contributed by atoms with Crippen molar-refractivity contribution in [1.29, 1.82) is 0 Å². The van der Waals surface area contributed by atoms with Gasteiger partial charge in [0.25, 0.3) is 0 Å². The van der Waals surface area contributed by atoms with E-state index >= 15 is 0 Å². The molecule has 1 aromatic carbocycles. The van der Waals surface area contributed by atoms with Crippen molar-refractivity contribution in [3.63, 3.8) is 0 Å². The lowest BCUT2D eigenvalue weighted by Gasteiger charge is -2.02. The standard InChI is InChI=1S/C11H13NO/c1-2-9(8-11(12)13)10-6-4-3-5-7-10/h3-8H,2H2,1H3,(H2,12,13)/b9-8+. The van der Waals surface area contributed by atoms with Crippen molar-refractivity contribution in [1.82, 2.24) is 0 Å². The third-order valence-electron chi connectivity index (χ3n) is 1.84. The quantitative estimate of drug-likeness (QED) is 0.701. The zero-order valence-corrected chi connectivity index (χ0v) is 7.66. The van der Waals surface area contributed by atoms with Crippen molar-refractivity contribution < 1.29 is 4.79 Å². The number of nitrogens with two attached hydrogens (primary N) is 1. The fraction of sp³-hybridized carbons (Fsp3) is 0.182. The Hall–Kier alpha value is -1.57. The molecule has 68 valence electrons. The number of rotatable bonds is 3. The minimum atomic E-state index is -0.388. The average Bonchev–Trinajstić information content (AvgIpc) is 2.15. The monoisotopic (exact) mass is 175 g/mol. The van der Waals surface area contributed by atoms with Crippen LogP contribution >= 0.6 is 0 Å². The third kappa shape index (κ3) is 2.75. The molecule has 1 amide bonds. The number of hydrogen-bond acceptors (Lipinski definition) is 1. The fourth-order valence-electron chi connectivity index (χ4n) is 1.21. The highest BCUT2D eigenvalue weighted by Gasteiger charge is 1.98. The molecule has 0 saturated heterocycles. The number of carbonyl (C=O) groups is 1. The fourth-order valence-corrected chi connectivity index (χ4v) is 1.21. The molecule has 0 unspecified atom stereocenters. The average molecular weight is 175 g/mol. The maximum atomic E-state index is 10.7. The van der Waals surface area contributed by atoms with Gasteiger partial charge in [0.1, 0.15) is 0 Å². The van der Waals surface area contributed by atoms with Gasteiger partial charge in [-0.25, -0.2) is 0 Å². The lowest BCUT2D eigenvalue weighted by Crippen LogP contribution is -2.06. The lowest BCUT2D eigenvalue weighted by molar-refractivity contribution is -0.113. The molecule has 0 spiro atoms. The van der Waals surface area contributed by atoms with E-state index in [4.69, 9.17) is 5.73 Å². The maximum Gasteiger partial charge on any atom is 0.241 e. The number of allylic oxidation sites excluding steroid dienone is 1. The largest absolute Gasteiger partial charge is 0.366 e. The first-order chi connectivity index (χ1) is 6.24. The van der Waals surface area contributed by atoms with Gasteiger partial charge in [0.15, 0.2) is 0 Å². The number of benzene rings is 1. The van der Waals surface area contributed by atoms with Gasteiger partial charge in [0.05, 0.1) is 0 Å². The Bertz CT molecular complexity index is 314. The summed E-state index contributed by atoms with van der Waals surface area (Å²) in [5, 5.41) is 0. The van der Waals surface area contributed by atoms with Crippen LogP contribution in [0.4, 0.5) is 0 Å². The topological polar surface area (TPSA) is 43.1 Å². The molecule has 0 aliphatic heterocycles. The zero-order chi connectivity index (χ0) is 9.68. The Kier molecular flexibility index (Phi) is 3.26. The van der Waals surface area contributed by atoms with Gasteiger partial charge in [-0.1, -0.05) is 37.3 Å². The van der Waals surface area contributed by atoms with Crippen molar-refractivity contribution >= 4 is 11.5 Å². The summed E-state index contributed by atoms with van der Waals surface area (Å²) in [6.45, 7) is 2.00. The van der Waals surface area contributed by atoms with Crippen LogP contribution in [0.15, 0.2) is 36.4 Å². The smallest absolute Gasteiger partial charge is 0.241 e. The van der Waals surface area contributed by atoms with Gasteiger partial charge in [-0.2, -0.15) is 0 Å². The van der Waals surface area contributed by atoms with Gasteiger partial charge in [0, 0.05) is 6.08 Å². The molecule has 0 bridgehead atoms. The molecule has 0 fully saturated rings. The number of hydrogen-bond donors (Lipinski definition) is 1. The van der Waals surface area contributed by atoms with Crippen molar-refractivity contribution in [3.05, 3.63) is 42.0 Å². The summed E-state index contributed by atoms with van der Waals surface area (Å²) in [6.07, 6.45) is 2.29. The van der Waals surface area contributed by atoms with Crippen LogP contribution in [0.1, 0.15) is 18.9 Å². The van der Waals surface area contributed by atoms with Crippen LogP contribution in [0.2, 0.25) is 0 Å². The molecule has 0 aliphatic carbocycles. The predicted molar refractivity (Wildman–Crippen MR) is 53.9 cm³/mol. The Morgan fingerprint density at radius 3 is 2.46 bits per heavy atom. The molecule has 2 heteroatoms. The second kappa shape index (κ2) is 4.45. The summed E-state index contributed by atoms with van der Waals surface area (Å²) in [7, 11) is 0. The summed E-state index contributed by atoms with van der Waals surface area (Å²) in [5.74, 6) is -0.388. The second-order valence-corrected chi connectivity index (χ2v) is 2.79. The Morgan fingerprint density at radius 1 is 1.38 bits per heavy atom. The molecule has 1 rings (SSSR count). The first kappa shape index (κ1) is 9.52. The van der Waals surface area contributed by atoms with Gasteiger partial charge in [-0.3, -0.25) is 4.79 Å². The Balaban J connectivity index is 2.98. The van der Waals surface area contributed by atoms with Gasteiger partial charge in [-0.05, 0) is 17.6 Å². The van der Waals surface area contributed by atoms with Crippen LogP contribution in [0.25, 0.3) is 5.57 Å². The van der Waals surface area contributed by atoms with Crippen molar-refractivity contribution in [2.45, 2.75) is 13.3 Å². The Labute approximate surface area is 78.1 Å². The summed E-state index contributed by atoms with van der Waals surface area (Å²) in [4.78, 5) is 10.7. The normalized spacial score (nSPS) is 11.3. The SMILES string of the molecule is CC/C(=C\C(N)=O)c1ccccc1. The van der Waals surface area contributed by atoms with E-state index < -0.39 is 0 Å². The van der Waals surface area contributed by atoms with E-state index in [1.54, 1.807) is 0 Å². The first-order valence-corrected chi connectivity index (χ1v) is 4.29. The second-order valence-electron chi connectivity index (χ2n) is 2.79. The highest BCUT2D eigenvalue weighted by molar-refractivity contribution is 5.93. The molecule has 1 aromatic rings. The van der Waals surface area contributed by atoms with Crippen LogP contribution in [-0.2, 0) is 4.79 Å². The molecule has 2 N–H and O–H groups in total. The molecule has 0 aliphatic rings. The van der Waals surface area contributed by atoms with Crippen molar-refractivity contribution in [3.8, 4) is 0 Å². The maximum absolute atomic E-state index is 10.7. The molecule has 0 atom stereocenters. The minimum absolute atomic E-state index is 0.388. The minimum Gasteiger partial charge on any atom is -0.366 e. The molecule has 0 aromatic heterocycles. The van der Waals surface area contributed by atoms with E-state index in [2.05, 4.69) is 0 Å². The van der Waals surface area contributed by atoms with Gasteiger partial charge in [0.2, 0.25) is 5.91 Å². The van der Waals surface area contributed by atoms with E-state index in [0.717, 1.165) is 17.6 Å². The van der Waals surface area contributed by atoms with E-state index in [-0.39, 0.29) is 5.91 Å². The number of carbonyl (C=O) groups excluding carboxylic acids is 1. The van der Waals surface area contributed by atoms with Crippen molar-refractivity contribution in [2.24, 2.45) is 5.73 Å². The number of primary amides is 1. The first-order valence-electron chi connectivity index (χ1n) is 4.29.